The molecule has 0 fully saturated rings. The van der Waals surface area contributed by atoms with Crippen molar-refractivity contribution in [3.63, 3.8) is 0 Å². The summed E-state index contributed by atoms with van der Waals surface area (Å²) in [6, 6.07) is 0. The second-order valence-electron chi connectivity index (χ2n) is 4.27. The number of hydrogen-bond acceptors (Lipinski definition) is 4. The van der Waals surface area contributed by atoms with Gasteiger partial charge >= 0.3 is 5.69 Å². The topological polar surface area (TPSA) is 68.9 Å². The molecule has 0 aliphatic rings. The zero-order valence-corrected chi connectivity index (χ0v) is 9.79. The van der Waals surface area contributed by atoms with E-state index in [0.29, 0.717) is 11.5 Å². The second-order valence-corrected chi connectivity index (χ2v) is 4.62. The van der Waals surface area contributed by atoms with Gasteiger partial charge in [-0.2, -0.15) is 0 Å². The van der Waals surface area contributed by atoms with Crippen LogP contribution in [0.4, 0.5) is 5.69 Å². The molecule has 82 valence electrons. The number of nitro groups is 1. The molecule has 0 N–H and O–H groups in total. The molecule has 1 aromatic rings. The summed E-state index contributed by atoms with van der Waals surface area (Å²) in [6.07, 6.45) is 0. The lowest BCUT2D eigenvalue weighted by atomic mass is 9.91. The van der Waals surface area contributed by atoms with Crippen LogP contribution in [0.25, 0.3) is 0 Å². The highest BCUT2D eigenvalue weighted by atomic mass is 35.5. The number of halogens is 1. The highest BCUT2D eigenvalue weighted by Crippen LogP contribution is 2.33. The molecular weight excluding hydrogens is 218 g/mol. The van der Waals surface area contributed by atoms with Crippen molar-refractivity contribution < 1.29 is 4.92 Å². The van der Waals surface area contributed by atoms with E-state index in [1.54, 1.807) is 6.92 Å². The van der Waals surface area contributed by atoms with Gasteiger partial charge in [0.2, 0.25) is 5.15 Å². The lowest BCUT2D eigenvalue weighted by molar-refractivity contribution is -0.386. The van der Waals surface area contributed by atoms with Gasteiger partial charge in [0.15, 0.2) is 0 Å². The summed E-state index contributed by atoms with van der Waals surface area (Å²) in [5.41, 5.74) is -0.264. The molecule has 0 aromatic carbocycles. The van der Waals surface area contributed by atoms with Crippen molar-refractivity contribution in [2.24, 2.45) is 0 Å². The summed E-state index contributed by atoms with van der Waals surface area (Å²) in [5, 5.41) is 10.7. The van der Waals surface area contributed by atoms with E-state index in [9.17, 15) is 10.1 Å². The second kappa shape index (κ2) is 3.73. The van der Waals surface area contributed by atoms with E-state index in [4.69, 9.17) is 11.6 Å². The van der Waals surface area contributed by atoms with Crippen LogP contribution in [0.15, 0.2) is 0 Å². The van der Waals surface area contributed by atoms with Gasteiger partial charge in [-0.25, -0.2) is 9.97 Å². The largest absolute Gasteiger partial charge is 0.328 e. The van der Waals surface area contributed by atoms with Crippen molar-refractivity contribution in [2.75, 3.05) is 0 Å². The molecule has 5 nitrogen and oxygen atoms in total. The lowest BCUT2D eigenvalue weighted by Gasteiger charge is -2.17. The third-order valence-electron chi connectivity index (χ3n) is 1.85. The van der Waals surface area contributed by atoms with Crippen molar-refractivity contribution in [3.8, 4) is 0 Å². The predicted molar refractivity (Wildman–Crippen MR) is 57.1 cm³/mol. The number of rotatable bonds is 1. The van der Waals surface area contributed by atoms with Crippen LogP contribution in [0.5, 0.6) is 0 Å². The number of aryl methyl sites for hydroxylation is 1. The van der Waals surface area contributed by atoms with Gasteiger partial charge in [-0.1, -0.05) is 32.4 Å². The zero-order valence-electron chi connectivity index (χ0n) is 9.04. The van der Waals surface area contributed by atoms with Crippen molar-refractivity contribution in [1.82, 2.24) is 9.97 Å². The van der Waals surface area contributed by atoms with Gasteiger partial charge in [0.1, 0.15) is 11.5 Å². The van der Waals surface area contributed by atoms with Gasteiger partial charge < -0.3 is 0 Å². The van der Waals surface area contributed by atoms with Crippen molar-refractivity contribution in [3.05, 3.63) is 26.8 Å². The van der Waals surface area contributed by atoms with E-state index in [-0.39, 0.29) is 10.8 Å². The minimum atomic E-state index is -0.539. The molecule has 0 atom stereocenters. The van der Waals surface area contributed by atoms with Crippen LogP contribution in [-0.4, -0.2) is 14.9 Å². The van der Waals surface area contributed by atoms with Crippen LogP contribution < -0.4 is 0 Å². The summed E-state index contributed by atoms with van der Waals surface area (Å²) in [7, 11) is 0. The molecule has 1 heterocycles. The quantitative estimate of drug-likeness (QED) is 0.422. The Morgan fingerprint density at radius 3 is 2.27 bits per heavy atom. The highest BCUT2D eigenvalue weighted by molar-refractivity contribution is 6.31. The SMILES string of the molecule is Cc1nc(Cl)c([N+](=O)[O-])c(C(C)(C)C)n1. The third kappa shape index (κ3) is 2.41. The fourth-order valence-corrected chi connectivity index (χ4v) is 1.50. The summed E-state index contributed by atoms with van der Waals surface area (Å²) in [6.45, 7) is 7.19. The van der Waals surface area contributed by atoms with Crippen molar-refractivity contribution >= 4 is 17.3 Å². The number of hydrogen-bond donors (Lipinski definition) is 0. The summed E-state index contributed by atoms with van der Waals surface area (Å²) in [5.74, 6) is 0.440. The highest BCUT2D eigenvalue weighted by Gasteiger charge is 2.30. The Balaban J connectivity index is 3.54. The molecule has 6 heteroatoms. The normalized spacial score (nSPS) is 11.5. The summed E-state index contributed by atoms with van der Waals surface area (Å²) < 4.78 is 0. The molecule has 0 aliphatic carbocycles. The van der Waals surface area contributed by atoms with E-state index >= 15 is 0 Å². The Labute approximate surface area is 92.7 Å². The first kappa shape index (κ1) is 11.8. The molecule has 0 unspecified atom stereocenters. The maximum Gasteiger partial charge on any atom is 0.328 e. The third-order valence-corrected chi connectivity index (χ3v) is 2.11. The van der Waals surface area contributed by atoms with E-state index in [1.165, 1.54) is 0 Å². The van der Waals surface area contributed by atoms with Crippen LogP contribution in [0.2, 0.25) is 5.15 Å². The van der Waals surface area contributed by atoms with Crippen molar-refractivity contribution in [2.45, 2.75) is 33.1 Å². The Morgan fingerprint density at radius 2 is 1.87 bits per heavy atom. The Bertz CT molecular complexity index is 413. The number of aromatic nitrogens is 2. The van der Waals surface area contributed by atoms with Gasteiger partial charge in [0, 0.05) is 5.41 Å². The molecule has 15 heavy (non-hydrogen) atoms. The first-order valence-electron chi connectivity index (χ1n) is 4.42. The molecule has 1 rings (SSSR count). The maximum absolute atomic E-state index is 10.8. The van der Waals surface area contributed by atoms with E-state index in [0.717, 1.165) is 0 Å². The number of nitrogens with zero attached hydrogens (tertiary/aromatic N) is 3. The molecule has 0 saturated heterocycles. The van der Waals surface area contributed by atoms with E-state index in [2.05, 4.69) is 9.97 Å². The first-order valence-corrected chi connectivity index (χ1v) is 4.80. The molecule has 0 radical (unpaired) electrons. The molecule has 0 spiro atoms. The lowest BCUT2D eigenvalue weighted by Crippen LogP contribution is -2.18. The Hall–Kier alpha value is -1.23. The Kier molecular flexibility index (Phi) is 2.95. The standard InChI is InChI=1S/C9H12ClN3O2/c1-5-11-7(9(2,3)4)6(13(14)15)8(10)12-5/h1-4H3. The van der Waals surface area contributed by atoms with Crippen LogP contribution >= 0.6 is 11.6 Å². The van der Waals surface area contributed by atoms with Crippen LogP contribution in [0.3, 0.4) is 0 Å². The first-order chi connectivity index (χ1) is 6.73. The minimum absolute atomic E-state index is 0.0996. The smallest absolute Gasteiger partial charge is 0.258 e. The Morgan fingerprint density at radius 1 is 1.33 bits per heavy atom. The molecule has 0 bridgehead atoms. The average molecular weight is 230 g/mol. The van der Waals surface area contributed by atoms with Crippen molar-refractivity contribution in [1.29, 1.82) is 0 Å². The van der Waals surface area contributed by atoms with E-state index in [1.807, 2.05) is 20.8 Å². The maximum atomic E-state index is 10.8. The van der Waals surface area contributed by atoms with Crippen LogP contribution in [-0.2, 0) is 5.41 Å². The van der Waals surface area contributed by atoms with Gasteiger partial charge in [-0.3, -0.25) is 10.1 Å². The van der Waals surface area contributed by atoms with Gasteiger partial charge in [0.25, 0.3) is 0 Å². The van der Waals surface area contributed by atoms with Gasteiger partial charge in [0.05, 0.1) is 4.92 Å². The predicted octanol–water partition coefficient (Wildman–Crippen LogP) is 2.64. The van der Waals surface area contributed by atoms with Gasteiger partial charge in [-0.15, -0.1) is 0 Å². The monoisotopic (exact) mass is 229 g/mol. The molecule has 0 amide bonds. The van der Waals surface area contributed by atoms with Crippen LogP contribution in [0.1, 0.15) is 32.3 Å². The van der Waals surface area contributed by atoms with E-state index < -0.39 is 10.3 Å². The molecule has 0 aliphatic heterocycles. The molecular formula is C9H12ClN3O2. The average Bonchev–Trinajstić information content (AvgIpc) is 1.99. The molecule has 0 saturated carbocycles. The van der Waals surface area contributed by atoms with Crippen LogP contribution in [0, 0.1) is 17.0 Å². The summed E-state index contributed by atoms with van der Waals surface area (Å²) in [4.78, 5) is 18.2. The molecule has 1 aromatic heterocycles. The zero-order chi connectivity index (χ0) is 11.8. The van der Waals surface area contributed by atoms with Gasteiger partial charge in [-0.05, 0) is 6.92 Å². The summed E-state index contributed by atoms with van der Waals surface area (Å²) >= 11 is 5.74. The fraction of sp³-hybridized carbons (Fsp3) is 0.556. The fourth-order valence-electron chi connectivity index (χ4n) is 1.22. The minimum Gasteiger partial charge on any atom is -0.258 e.